The SMILES string of the molecule is CC(F)(F)COc1ccc(C(=O)O)cc1C(F)(F)F. The molecule has 8 heteroatoms. The summed E-state index contributed by atoms with van der Waals surface area (Å²) >= 11 is 0. The first-order valence-corrected chi connectivity index (χ1v) is 4.96. The van der Waals surface area contributed by atoms with Gasteiger partial charge in [-0.1, -0.05) is 0 Å². The third-order valence-corrected chi connectivity index (χ3v) is 2.01. The number of alkyl halides is 5. The molecule has 0 aliphatic carbocycles. The molecule has 0 bridgehead atoms. The lowest BCUT2D eigenvalue weighted by Crippen LogP contribution is -2.22. The minimum atomic E-state index is -4.90. The van der Waals surface area contributed by atoms with E-state index in [-0.39, 0.29) is 0 Å². The first kappa shape index (κ1) is 15.2. The molecule has 0 aliphatic rings. The predicted molar refractivity (Wildman–Crippen MR) is 54.5 cm³/mol. The summed E-state index contributed by atoms with van der Waals surface area (Å²) in [6, 6.07) is 1.89. The standard InChI is InChI=1S/C11H9F5O3/c1-10(12,13)5-19-8-3-2-6(9(17)18)4-7(8)11(14,15)16/h2-4H,5H2,1H3,(H,17,18). The molecule has 0 amide bonds. The van der Waals surface area contributed by atoms with Crippen LogP contribution in [0.4, 0.5) is 22.0 Å². The second-order valence-electron chi connectivity index (χ2n) is 3.87. The van der Waals surface area contributed by atoms with Crippen molar-refractivity contribution in [2.75, 3.05) is 6.61 Å². The Morgan fingerprint density at radius 1 is 1.26 bits per heavy atom. The monoisotopic (exact) mass is 284 g/mol. The highest BCUT2D eigenvalue weighted by atomic mass is 19.4. The molecular weight excluding hydrogens is 275 g/mol. The summed E-state index contributed by atoms with van der Waals surface area (Å²) in [5, 5.41) is 8.60. The highest BCUT2D eigenvalue weighted by Crippen LogP contribution is 2.37. The van der Waals surface area contributed by atoms with Crippen molar-refractivity contribution in [2.45, 2.75) is 19.0 Å². The molecule has 1 rings (SSSR count). The van der Waals surface area contributed by atoms with Crippen molar-refractivity contribution >= 4 is 5.97 Å². The Morgan fingerprint density at radius 3 is 2.26 bits per heavy atom. The van der Waals surface area contributed by atoms with Crippen LogP contribution in [0.2, 0.25) is 0 Å². The lowest BCUT2D eigenvalue weighted by molar-refractivity contribution is -0.139. The number of ether oxygens (including phenoxy) is 1. The molecule has 1 N–H and O–H groups in total. The zero-order valence-corrected chi connectivity index (χ0v) is 9.59. The number of aromatic carboxylic acids is 1. The van der Waals surface area contributed by atoms with Gasteiger partial charge in [-0.25, -0.2) is 13.6 Å². The Labute approximate surface area is 104 Å². The molecule has 3 nitrogen and oxygen atoms in total. The normalized spacial score (nSPS) is 12.3. The number of carbonyl (C=O) groups is 1. The first-order chi connectivity index (χ1) is 8.50. The number of carboxylic acid groups (broad SMARTS) is 1. The molecule has 0 saturated carbocycles. The van der Waals surface area contributed by atoms with Crippen LogP contribution in [-0.2, 0) is 6.18 Å². The Morgan fingerprint density at radius 2 is 1.84 bits per heavy atom. The van der Waals surface area contributed by atoms with Gasteiger partial charge in [0.05, 0.1) is 11.1 Å². The third-order valence-electron chi connectivity index (χ3n) is 2.01. The maximum atomic E-state index is 12.7. The molecule has 0 radical (unpaired) electrons. The average Bonchev–Trinajstić information content (AvgIpc) is 2.23. The number of halogens is 5. The van der Waals surface area contributed by atoms with Crippen LogP contribution in [0.5, 0.6) is 5.75 Å². The third kappa shape index (κ3) is 4.38. The van der Waals surface area contributed by atoms with Gasteiger partial charge >= 0.3 is 12.1 Å². The van der Waals surface area contributed by atoms with E-state index in [0.717, 1.165) is 6.07 Å². The molecule has 0 unspecified atom stereocenters. The Kier molecular flexibility index (Phi) is 4.02. The molecule has 0 saturated heterocycles. The van der Waals surface area contributed by atoms with Gasteiger partial charge in [0.2, 0.25) is 0 Å². The highest BCUT2D eigenvalue weighted by molar-refractivity contribution is 5.88. The molecule has 0 atom stereocenters. The summed E-state index contributed by atoms with van der Waals surface area (Å²) in [6.45, 7) is -0.742. The number of hydrogen-bond acceptors (Lipinski definition) is 2. The minimum absolute atomic E-state index is 0.339. The summed E-state index contributed by atoms with van der Waals surface area (Å²) in [5.41, 5.74) is -2.01. The van der Waals surface area contributed by atoms with E-state index in [1.165, 1.54) is 0 Å². The van der Waals surface area contributed by atoms with E-state index < -0.39 is 41.6 Å². The van der Waals surface area contributed by atoms with E-state index in [4.69, 9.17) is 5.11 Å². The van der Waals surface area contributed by atoms with Gasteiger partial charge in [0.25, 0.3) is 5.92 Å². The molecular formula is C11H9F5O3. The van der Waals surface area contributed by atoms with Gasteiger partial charge < -0.3 is 9.84 Å². The number of rotatable bonds is 4. The van der Waals surface area contributed by atoms with Crippen molar-refractivity contribution in [3.8, 4) is 5.75 Å². The van der Waals surface area contributed by atoms with Crippen molar-refractivity contribution in [1.29, 1.82) is 0 Å². The lowest BCUT2D eigenvalue weighted by atomic mass is 10.1. The van der Waals surface area contributed by atoms with Crippen LogP contribution >= 0.6 is 0 Å². The summed E-state index contributed by atoms with van der Waals surface area (Å²) in [7, 11) is 0. The van der Waals surface area contributed by atoms with Crippen LogP contribution in [0.25, 0.3) is 0 Å². The molecule has 0 heterocycles. The van der Waals surface area contributed by atoms with E-state index in [9.17, 15) is 26.7 Å². The van der Waals surface area contributed by atoms with Crippen molar-refractivity contribution in [2.24, 2.45) is 0 Å². The van der Waals surface area contributed by atoms with E-state index in [0.29, 0.717) is 19.1 Å². The largest absolute Gasteiger partial charge is 0.487 e. The van der Waals surface area contributed by atoms with Crippen LogP contribution in [-0.4, -0.2) is 23.6 Å². The maximum Gasteiger partial charge on any atom is 0.419 e. The smallest absolute Gasteiger partial charge is 0.419 e. The Bertz CT molecular complexity index is 476. The molecule has 0 aliphatic heterocycles. The summed E-state index contributed by atoms with van der Waals surface area (Å²) < 4.78 is 67.4. The van der Waals surface area contributed by atoms with E-state index in [1.807, 2.05) is 0 Å². The van der Waals surface area contributed by atoms with Crippen LogP contribution in [0.3, 0.4) is 0 Å². The van der Waals surface area contributed by atoms with Gasteiger partial charge in [-0.3, -0.25) is 0 Å². The maximum absolute atomic E-state index is 12.7. The number of carboxylic acids is 1. The zero-order valence-electron chi connectivity index (χ0n) is 9.59. The molecule has 0 fully saturated rings. The Balaban J connectivity index is 3.13. The van der Waals surface area contributed by atoms with Crippen molar-refractivity contribution in [3.63, 3.8) is 0 Å². The molecule has 1 aromatic rings. The van der Waals surface area contributed by atoms with Gasteiger partial charge in [-0.05, 0) is 18.2 Å². The summed E-state index contributed by atoms with van der Waals surface area (Å²) in [6.07, 6.45) is -4.90. The van der Waals surface area contributed by atoms with E-state index >= 15 is 0 Å². The van der Waals surface area contributed by atoms with Gasteiger partial charge in [0.1, 0.15) is 5.75 Å². The van der Waals surface area contributed by atoms with Gasteiger partial charge in [-0.15, -0.1) is 0 Å². The second kappa shape index (κ2) is 5.02. The summed E-state index contributed by atoms with van der Waals surface area (Å²) in [4.78, 5) is 10.6. The van der Waals surface area contributed by atoms with Crippen LogP contribution in [0.15, 0.2) is 18.2 Å². The average molecular weight is 284 g/mol. The number of hydrogen-bond donors (Lipinski definition) is 1. The first-order valence-electron chi connectivity index (χ1n) is 4.96. The van der Waals surface area contributed by atoms with E-state index in [1.54, 1.807) is 0 Å². The van der Waals surface area contributed by atoms with E-state index in [2.05, 4.69) is 4.74 Å². The van der Waals surface area contributed by atoms with Crippen molar-refractivity contribution in [1.82, 2.24) is 0 Å². The predicted octanol–water partition coefficient (Wildman–Crippen LogP) is 3.44. The topological polar surface area (TPSA) is 46.5 Å². The fourth-order valence-corrected chi connectivity index (χ4v) is 1.21. The molecule has 0 spiro atoms. The Hall–Kier alpha value is -1.86. The molecule has 19 heavy (non-hydrogen) atoms. The number of benzene rings is 1. The second-order valence-corrected chi connectivity index (χ2v) is 3.87. The minimum Gasteiger partial charge on any atom is -0.487 e. The van der Waals surface area contributed by atoms with Crippen LogP contribution in [0, 0.1) is 0 Å². The molecule has 0 aromatic heterocycles. The lowest BCUT2D eigenvalue weighted by Gasteiger charge is -2.17. The van der Waals surface area contributed by atoms with Crippen LogP contribution < -0.4 is 4.74 Å². The molecule has 1 aromatic carbocycles. The van der Waals surface area contributed by atoms with Crippen LogP contribution in [0.1, 0.15) is 22.8 Å². The van der Waals surface area contributed by atoms with Crippen molar-refractivity contribution < 1.29 is 36.6 Å². The van der Waals surface area contributed by atoms with Gasteiger partial charge in [-0.2, -0.15) is 13.2 Å². The van der Waals surface area contributed by atoms with Gasteiger partial charge in [0, 0.05) is 6.92 Å². The highest BCUT2D eigenvalue weighted by Gasteiger charge is 2.36. The fourth-order valence-electron chi connectivity index (χ4n) is 1.21. The van der Waals surface area contributed by atoms with Crippen molar-refractivity contribution in [3.05, 3.63) is 29.3 Å². The quantitative estimate of drug-likeness (QED) is 0.861. The molecule has 106 valence electrons. The fraction of sp³-hybridized carbons (Fsp3) is 0.364. The summed E-state index contributed by atoms with van der Waals surface area (Å²) in [5.74, 6) is -5.69. The van der Waals surface area contributed by atoms with Gasteiger partial charge in [0.15, 0.2) is 6.61 Å². The zero-order chi connectivity index (χ0) is 14.8.